The van der Waals surface area contributed by atoms with Gasteiger partial charge in [-0.05, 0) is 30.9 Å². The van der Waals surface area contributed by atoms with E-state index >= 15 is 0 Å². The number of H-pyrrole nitrogens is 1. The van der Waals surface area contributed by atoms with Crippen LogP contribution in [0.5, 0.6) is 0 Å². The highest BCUT2D eigenvalue weighted by atomic mass is 16.4. The predicted octanol–water partition coefficient (Wildman–Crippen LogP) is 2.96. The maximum absolute atomic E-state index is 10.6. The van der Waals surface area contributed by atoms with Crippen LogP contribution in [0.4, 0.5) is 0 Å². The third-order valence-electron chi connectivity index (χ3n) is 3.34. The number of carboxylic acids is 1. The lowest BCUT2D eigenvalue weighted by Crippen LogP contribution is -1.98. The van der Waals surface area contributed by atoms with E-state index in [2.05, 4.69) is 41.4 Å². The van der Waals surface area contributed by atoms with E-state index in [0.717, 1.165) is 28.9 Å². The first-order chi connectivity index (χ1) is 9.11. The Morgan fingerprint density at radius 3 is 2.58 bits per heavy atom. The first kappa shape index (κ1) is 13.3. The van der Waals surface area contributed by atoms with Crippen LogP contribution in [-0.4, -0.2) is 21.3 Å². The number of aryl methyl sites for hydroxylation is 2. The SMILES string of the molecule is CCc1ccc(-c2n[nH]c(CCC(=O)O)c2C)cc1. The second-order valence-electron chi connectivity index (χ2n) is 4.62. The average Bonchev–Trinajstić information content (AvgIpc) is 2.78. The van der Waals surface area contributed by atoms with Gasteiger partial charge in [0.05, 0.1) is 12.1 Å². The molecular weight excluding hydrogens is 240 g/mol. The molecule has 4 heteroatoms. The van der Waals surface area contributed by atoms with Gasteiger partial charge in [0.2, 0.25) is 0 Å². The molecule has 2 rings (SSSR count). The van der Waals surface area contributed by atoms with Crippen molar-refractivity contribution in [3.8, 4) is 11.3 Å². The number of aromatic nitrogens is 2. The molecule has 0 amide bonds. The zero-order valence-electron chi connectivity index (χ0n) is 11.2. The Kier molecular flexibility index (Phi) is 4.00. The molecule has 19 heavy (non-hydrogen) atoms. The van der Waals surface area contributed by atoms with Gasteiger partial charge in [0, 0.05) is 11.3 Å². The maximum atomic E-state index is 10.6. The second kappa shape index (κ2) is 5.69. The first-order valence-corrected chi connectivity index (χ1v) is 6.46. The van der Waals surface area contributed by atoms with Crippen LogP contribution < -0.4 is 0 Å². The number of aromatic amines is 1. The van der Waals surface area contributed by atoms with Gasteiger partial charge in [-0.15, -0.1) is 0 Å². The highest BCUT2D eigenvalue weighted by Gasteiger charge is 2.11. The summed E-state index contributed by atoms with van der Waals surface area (Å²) in [5.41, 5.74) is 5.20. The average molecular weight is 258 g/mol. The van der Waals surface area contributed by atoms with Crippen molar-refractivity contribution in [2.75, 3.05) is 0 Å². The number of hydrogen-bond acceptors (Lipinski definition) is 2. The molecular formula is C15H18N2O2. The molecule has 0 bridgehead atoms. The van der Waals surface area contributed by atoms with Gasteiger partial charge in [0.1, 0.15) is 0 Å². The second-order valence-corrected chi connectivity index (χ2v) is 4.62. The number of carbonyl (C=O) groups is 1. The van der Waals surface area contributed by atoms with E-state index in [9.17, 15) is 4.79 Å². The Hall–Kier alpha value is -2.10. The standard InChI is InChI=1S/C15H18N2O2/c1-3-11-4-6-12(7-5-11)15-10(2)13(16-17-15)8-9-14(18)19/h4-7H,3,8-9H2,1-2H3,(H,16,17)(H,18,19). The Balaban J connectivity index is 2.22. The van der Waals surface area contributed by atoms with Crippen LogP contribution in [0.3, 0.4) is 0 Å². The first-order valence-electron chi connectivity index (χ1n) is 6.46. The molecule has 0 spiro atoms. The highest BCUT2D eigenvalue weighted by Crippen LogP contribution is 2.24. The summed E-state index contributed by atoms with van der Waals surface area (Å²) in [5.74, 6) is -0.789. The molecule has 1 heterocycles. The summed E-state index contributed by atoms with van der Waals surface area (Å²) >= 11 is 0. The zero-order chi connectivity index (χ0) is 13.8. The lowest BCUT2D eigenvalue weighted by Gasteiger charge is -2.01. The summed E-state index contributed by atoms with van der Waals surface area (Å²) in [6, 6.07) is 8.31. The predicted molar refractivity (Wildman–Crippen MR) is 74.1 cm³/mol. The molecule has 0 aliphatic heterocycles. The van der Waals surface area contributed by atoms with E-state index in [0.29, 0.717) is 6.42 Å². The van der Waals surface area contributed by atoms with Crippen LogP contribution in [0, 0.1) is 6.92 Å². The van der Waals surface area contributed by atoms with Gasteiger partial charge in [-0.25, -0.2) is 0 Å². The highest BCUT2D eigenvalue weighted by molar-refractivity contribution is 5.68. The minimum absolute atomic E-state index is 0.122. The largest absolute Gasteiger partial charge is 0.481 e. The molecule has 0 unspecified atom stereocenters. The minimum atomic E-state index is -0.789. The van der Waals surface area contributed by atoms with Crippen LogP contribution in [0.1, 0.15) is 30.2 Å². The van der Waals surface area contributed by atoms with E-state index in [1.54, 1.807) is 0 Å². The molecule has 0 aliphatic carbocycles. The minimum Gasteiger partial charge on any atom is -0.481 e. The number of aliphatic carboxylic acids is 1. The summed E-state index contributed by atoms with van der Waals surface area (Å²) in [6.45, 7) is 4.10. The molecule has 0 saturated heterocycles. The van der Waals surface area contributed by atoms with Gasteiger partial charge in [0.15, 0.2) is 0 Å². The molecule has 2 N–H and O–H groups in total. The molecule has 0 aliphatic rings. The fourth-order valence-corrected chi connectivity index (χ4v) is 2.09. The summed E-state index contributed by atoms with van der Waals surface area (Å²) in [5, 5.41) is 16.0. The molecule has 0 saturated carbocycles. The normalized spacial score (nSPS) is 10.6. The summed E-state index contributed by atoms with van der Waals surface area (Å²) in [6.07, 6.45) is 1.63. The molecule has 100 valence electrons. The van der Waals surface area contributed by atoms with Crippen LogP contribution in [-0.2, 0) is 17.6 Å². The Morgan fingerprint density at radius 1 is 1.32 bits per heavy atom. The van der Waals surface area contributed by atoms with E-state index in [4.69, 9.17) is 5.11 Å². The van der Waals surface area contributed by atoms with Gasteiger partial charge >= 0.3 is 5.97 Å². The van der Waals surface area contributed by atoms with E-state index in [1.807, 2.05) is 6.92 Å². The molecule has 1 aromatic heterocycles. The number of carboxylic acid groups (broad SMARTS) is 1. The third kappa shape index (κ3) is 3.02. The molecule has 0 atom stereocenters. The van der Waals surface area contributed by atoms with Crippen molar-refractivity contribution in [1.82, 2.24) is 10.2 Å². The van der Waals surface area contributed by atoms with Crippen molar-refractivity contribution in [3.05, 3.63) is 41.1 Å². The van der Waals surface area contributed by atoms with Crippen molar-refractivity contribution < 1.29 is 9.90 Å². The van der Waals surface area contributed by atoms with Crippen molar-refractivity contribution >= 4 is 5.97 Å². The number of hydrogen-bond donors (Lipinski definition) is 2. The van der Waals surface area contributed by atoms with Crippen LogP contribution >= 0.6 is 0 Å². The Bertz CT molecular complexity index is 570. The third-order valence-corrected chi connectivity index (χ3v) is 3.34. The van der Waals surface area contributed by atoms with Gasteiger partial charge in [-0.3, -0.25) is 9.89 Å². The van der Waals surface area contributed by atoms with Crippen LogP contribution in [0.25, 0.3) is 11.3 Å². The zero-order valence-corrected chi connectivity index (χ0v) is 11.2. The van der Waals surface area contributed by atoms with Gasteiger partial charge in [0.25, 0.3) is 0 Å². The quantitative estimate of drug-likeness (QED) is 0.866. The maximum Gasteiger partial charge on any atom is 0.303 e. The fourth-order valence-electron chi connectivity index (χ4n) is 2.09. The van der Waals surface area contributed by atoms with Crippen LogP contribution in [0.15, 0.2) is 24.3 Å². The molecule has 0 radical (unpaired) electrons. The van der Waals surface area contributed by atoms with Crippen molar-refractivity contribution in [1.29, 1.82) is 0 Å². The van der Waals surface area contributed by atoms with Crippen LogP contribution in [0.2, 0.25) is 0 Å². The summed E-state index contributed by atoms with van der Waals surface area (Å²) < 4.78 is 0. The van der Waals surface area contributed by atoms with Gasteiger partial charge in [-0.1, -0.05) is 31.2 Å². The molecule has 4 nitrogen and oxygen atoms in total. The number of rotatable bonds is 5. The van der Waals surface area contributed by atoms with E-state index < -0.39 is 5.97 Å². The smallest absolute Gasteiger partial charge is 0.303 e. The molecule has 2 aromatic rings. The summed E-state index contributed by atoms with van der Waals surface area (Å²) in [4.78, 5) is 10.6. The van der Waals surface area contributed by atoms with E-state index in [-0.39, 0.29) is 6.42 Å². The fraction of sp³-hybridized carbons (Fsp3) is 0.333. The molecule has 0 fully saturated rings. The van der Waals surface area contributed by atoms with Gasteiger partial charge in [-0.2, -0.15) is 5.10 Å². The van der Waals surface area contributed by atoms with Crippen molar-refractivity contribution in [3.63, 3.8) is 0 Å². The summed E-state index contributed by atoms with van der Waals surface area (Å²) in [7, 11) is 0. The Morgan fingerprint density at radius 2 is 2.00 bits per heavy atom. The van der Waals surface area contributed by atoms with Gasteiger partial charge < -0.3 is 5.11 Å². The number of benzene rings is 1. The Labute approximate surface area is 112 Å². The van der Waals surface area contributed by atoms with Crippen molar-refractivity contribution in [2.24, 2.45) is 0 Å². The van der Waals surface area contributed by atoms with E-state index in [1.165, 1.54) is 5.56 Å². The number of nitrogens with one attached hydrogen (secondary N) is 1. The monoisotopic (exact) mass is 258 g/mol. The lowest BCUT2D eigenvalue weighted by molar-refractivity contribution is -0.136. The molecule has 1 aromatic carbocycles. The topological polar surface area (TPSA) is 66.0 Å². The lowest BCUT2D eigenvalue weighted by atomic mass is 10.0. The van der Waals surface area contributed by atoms with Crippen molar-refractivity contribution in [2.45, 2.75) is 33.1 Å². The number of nitrogens with zero attached hydrogens (tertiary/aromatic N) is 1.